The van der Waals surface area contributed by atoms with Crippen molar-refractivity contribution in [2.45, 2.75) is 69.3 Å². The first-order valence-corrected chi connectivity index (χ1v) is 17.7. The smallest absolute Gasteiger partial charge is 0.187 e. The van der Waals surface area contributed by atoms with Gasteiger partial charge < -0.3 is 43.4 Å². The van der Waals surface area contributed by atoms with Crippen molar-refractivity contribution >= 4 is 10.8 Å². The summed E-state index contributed by atoms with van der Waals surface area (Å²) >= 11 is 0. The second kappa shape index (κ2) is 19.7. The lowest BCUT2D eigenvalue weighted by Gasteiger charge is -2.34. The molecule has 0 aliphatic carbocycles. The molecule has 0 radical (unpaired) electrons. The molecule has 0 amide bonds. The Balaban J connectivity index is 1.27. The van der Waals surface area contributed by atoms with Crippen LogP contribution in [-0.2, 0) is 59.6 Å². The Hall–Kier alpha value is -4.00. The minimum atomic E-state index is -1.06. The van der Waals surface area contributed by atoms with Gasteiger partial charge in [0.2, 0.25) is 0 Å². The lowest BCUT2D eigenvalue weighted by Crippen LogP contribution is -2.48. The summed E-state index contributed by atoms with van der Waals surface area (Å²) in [4.78, 5) is 0. The Labute approximate surface area is 305 Å². The fraction of sp³-hybridized carbons (Fsp3) is 0.349. The second-order valence-corrected chi connectivity index (χ2v) is 12.9. The van der Waals surface area contributed by atoms with Gasteiger partial charge in [-0.3, -0.25) is 0 Å². The fourth-order valence-corrected chi connectivity index (χ4v) is 6.30. The van der Waals surface area contributed by atoms with Gasteiger partial charge in [0.15, 0.2) is 6.29 Å². The molecule has 0 aromatic heterocycles. The van der Waals surface area contributed by atoms with Gasteiger partial charge in [-0.15, -0.1) is 0 Å². The fourth-order valence-electron chi connectivity index (χ4n) is 6.30. The number of hydrogen-bond donors (Lipinski definition) is 2. The maximum atomic E-state index is 10.7. The first-order valence-electron chi connectivity index (χ1n) is 17.7. The molecular weight excluding hydrogens is 660 g/mol. The molecule has 0 spiro atoms. The van der Waals surface area contributed by atoms with Crippen molar-refractivity contribution in [3.05, 3.63) is 156 Å². The van der Waals surface area contributed by atoms with E-state index in [0.717, 1.165) is 27.6 Å². The van der Waals surface area contributed by atoms with Gasteiger partial charge in [-0.05, 0) is 39.1 Å². The average Bonchev–Trinajstić information content (AvgIpc) is 3.51. The highest BCUT2D eigenvalue weighted by atomic mass is 16.7. The Morgan fingerprint density at radius 2 is 1.13 bits per heavy atom. The summed E-state index contributed by atoms with van der Waals surface area (Å²) in [5, 5.41) is 22.8. The molecular formula is C43H48O9. The lowest BCUT2D eigenvalue weighted by molar-refractivity contribution is -0.220. The van der Waals surface area contributed by atoms with Gasteiger partial charge in [0.1, 0.15) is 36.6 Å². The molecule has 6 rings (SSSR count). The number of ether oxygens (including phenoxy) is 7. The minimum absolute atomic E-state index is 0.0115. The second-order valence-electron chi connectivity index (χ2n) is 12.9. The van der Waals surface area contributed by atoms with E-state index in [1.165, 1.54) is 12.5 Å². The molecule has 7 atom stereocenters. The van der Waals surface area contributed by atoms with Gasteiger partial charge in [0.25, 0.3) is 0 Å². The Kier molecular flexibility index (Phi) is 14.3. The number of hydrogen-bond acceptors (Lipinski definition) is 9. The lowest BCUT2D eigenvalue weighted by atomic mass is 10.1. The van der Waals surface area contributed by atoms with E-state index in [1.807, 2.05) is 103 Å². The van der Waals surface area contributed by atoms with Crippen LogP contribution in [0.1, 0.15) is 22.3 Å². The number of fused-ring (bicyclic) bond motifs is 1. The Bertz CT molecular complexity index is 1740. The molecule has 274 valence electrons. The van der Waals surface area contributed by atoms with Crippen molar-refractivity contribution in [3.8, 4) is 0 Å². The summed E-state index contributed by atoms with van der Waals surface area (Å²) < 4.78 is 44.2. The zero-order valence-electron chi connectivity index (χ0n) is 29.4. The summed E-state index contributed by atoms with van der Waals surface area (Å²) in [7, 11) is 1.48. The Morgan fingerprint density at radius 3 is 1.71 bits per heavy atom. The van der Waals surface area contributed by atoms with Crippen LogP contribution in [0, 0.1) is 0 Å². The van der Waals surface area contributed by atoms with Crippen LogP contribution in [0.3, 0.4) is 0 Å². The largest absolute Gasteiger partial charge is 0.394 e. The Morgan fingerprint density at radius 1 is 0.596 bits per heavy atom. The molecule has 0 saturated carbocycles. The number of aliphatic hydroxyl groups excluding tert-OH is 2. The molecule has 1 aliphatic rings. The van der Waals surface area contributed by atoms with Crippen molar-refractivity contribution in [1.82, 2.24) is 0 Å². The van der Waals surface area contributed by atoms with Gasteiger partial charge in [-0.1, -0.05) is 127 Å². The normalized spacial score (nSPS) is 20.5. The molecule has 1 heterocycles. The topological polar surface area (TPSA) is 105 Å². The molecule has 9 nitrogen and oxygen atoms in total. The molecule has 9 heteroatoms. The number of benzene rings is 5. The summed E-state index contributed by atoms with van der Waals surface area (Å²) in [5.41, 5.74) is 4.02. The highest BCUT2D eigenvalue weighted by Crippen LogP contribution is 2.27. The molecule has 5 aromatic carbocycles. The number of rotatable bonds is 20. The SMILES string of the molecule is CO[C@H]1C(O)[C@@H](CO)O[C@H]1OCC(OCc1ccccc1)C(OCc1ccccc1)C(COCc1ccc2ccccc2c1)OCc1ccccc1. The van der Waals surface area contributed by atoms with Crippen molar-refractivity contribution in [2.75, 3.05) is 26.9 Å². The van der Waals surface area contributed by atoms with E-state index in [0.29, 0.717) is 19.8 Å². The van der Waals surface area contributed by atoms with Gasteiger partial charge in [0, 0.05) is 7.11 Å². The van der Waals surface area contributed by atoms with Crippen LogP contribution in [0.25, 0.3) is 10.8 Å². The van der Waals surface area contributed by atoms with Crippen LogP contribution in [-0.4, -0.2) is 80.1 Å². The monoisotopic (exact) mass is 708 g/mol. The van der Waals surface area contributed by atoms with Crippen molar-refractivity contribution in [2.24, 2.45) is 0 Å². The third-order valence-corrected chi connectivity index (χ3v) is 9.17. The van der Waals surface area contributed by atoms with Crippen LogP contribution in [0.2, 0.25) is 0 Å². The summed E-state index contributed by atoms with van der Waals surface area (Å²) in [6.07, 6.45) is -5.58. The van der Waals surface area contributed by atoms with E-state index in [9.17, 15) is 10.2 Å². The maximum Gasteiger partial charge on any atom is 0.187 e. The summed E-state index contributed by atoms with van der Waals surface area (Å²) in [6, 6.07) is 44.4. The summed E-state index contributed by atoms with van der Waals surface area (Å²) in [5.74, 6) is 0. The predicted octanol–water partition coefficient (Wildman–Crippen LogP) is 6.22. The average molecular weight is 709 g/mol. The molecule has 52 heavy (non-hydrogen) atoms. The van der Waals surface area contributed by atoms with Crippen LogP contribution in [0.5, 0.6) is 0 Å². The standard InChI is InChI=1S/C43H48O9/c1-46-42-40(45)37(24-44)52-43(42)51-30-39(49-27-32-15-7-3-8-16-32)41(50-28-33-17-9-4-10-18-33)38(48-26-31-13-5-2-6-14-31)29-47-25-34-21-22-35-19-11-12-20-36(35)23-34/h2-23,37-45H,24-30H2,1H3/t37-,38?,39?,40?,41?,42+,43-/m1/s1. The van der Waals surface area contributed by atoms with E-state index in [-0.39, 0.29) is 26.4 Å². The number of methoxy groups -OCH3 is 1. The highest BCUT2D eigenvalue weighted by molar-refractivity contribution is 5.82. The first-order chi connectivity index (χ1) is 25.6. The predicted molar refractivity (Wildman–Crippen MR) is 197 cm³/mol. The quantitative estimate of drug-likeness (QED) is 0.0975. The van der Waals surface area contributed by atoms with Gasteiger partial charge in [-0.2, -0.15) is 0 Å². The maximum absolute atomic E-state index is 10.7. The summed E-state index contributed by atoms with van der Waals surface area (Å²) in [6.45, 7) is 1.11. The number of aliphatic hydroxyl groups is 2. The van der Waals surface area contributed by atoms with Crippen molar-refractivity contribution in [3.63, 3.8) is 0 Å². The molecule has 1 saturated heterocycles. The van der Waals surface area contributed by atoms with E-state index in [2.05, 4.69) is 30.3 Å². The van der Waals surface area contributed by atoms with Crippen LogP contribution in [0.4, 0.5) is 0 Å². The first kappa shape index (κ1) is 37.7. The van der Waals surface area contributed by atoms with Crippen molar-refractivity contribution in [1.29, 1.82) is 0 Å². The van der Waals surface area contributed by atoms with E-state index >= 15 is 0 Å². The zero-order valence-corrected chi connectivity index (χ0v) is 29.4. The van der Waals surface area contributed by atoms with Crippen LogP contribution >= 0.6 is 0 Å². The van der Waals surface area contributed by atoms with Crippen LogP contribution < -0.4 is 0 Å². The van der Waals surface area contributed by atoms with Crippen LogP contribution in [0.15, 0.2) is 133 Å². The van der Waals surface area contributed by atoms with E-state index in [4.69, 9.17) is 33.2 Å². The molecule has 1 aliphatic heterocycles. The zero-order chi connectivity index (χ0) is 36.0. The van der Waals surface area contributed by atoms with E-state index in [1.54, 1.807) is 0 Å². The van der Waals surface area contributed by atoms with Gasteiger partial charge in [-0.25, -0.2) is 0 Å². The third-order valence-electron chi connectivity index (χ3n) is 9.17. The van der Waals surface area contributed by atoms with E-state index < -0.39 is 42.9 Å². The molecule has 4 unspecified atom stereocenters. The molecule has 0 bridgehead atoms. The highest BCUT2D eigenvalue weighted by Gasteiger charge is 2.45. The molecule has 1 fully saturated rings. The van der Waals surface area contributed by atoms with Crippen molar-refractivity contribution < 1.29 is 43.4 Å². The third kappa shape index (κ3) is 10.5. The minimum Gasteiger partial charge on any atom is -0.394 e. The van der Waals surface area contributed by atoms with Gasteiger partial charge in [0.05, 0.1) is 46.2 Å². The molecule has 2 N–H and O–H groups in total. The van der Waals surface area contributed by atoms with Gasteiger partial charge >= 0.3 is 0 Å². The molecule has 5 aromatic rings.